The van der Waals surface area contributed by atoms with E-state index >= 15 is 0 Å². The van der Waals surface area contributed by atoms with Crippen LogP contribution in [0.4, 0.5) is 0 Å². The summed E-state index contributed by atoms with van der Waals surface area (Å²) in [5.41, 5.74) is 1.60. The second kappa shape index (κ2) is 8.86. The van der Waals surface area contributed by atoms with Crippen LogP contribution in [0, 0.1) is 0 Å². The molecule has 1 fully saturated rings. The fourth-order valence-electron chi connectivity index (χ4n) is 4.44. The summed E-state index contributed by atoms with van der Waals surface area (Å²) in [4.78, 5) is 0.299. The van der Waals surface area contributed by atoms with Crippen LogP contribution in [0.15, 0.2) is 71.6 Å². The summed E-state index contributed by atoms with van der Waals surface area (Å²) in [7, 11) is -0.450. The molecule has 30 heavy (non-hydrogen) atoms. The van der Waals surface area contributed by atoms with Gasteiger partial charge in [0.25, 0.3) is 0 Å². The maximum atomic E-state index is 13.7. The van der Waals surface area contributed by atoms with Gasteiger partial charge in [-0.05, 0) is 35.2 Å². The van der Waals surface area contributed by atoms with Crippen LogP contribution in [0.25, 0.3) is 10.8 Å². The molecule has 1 aliphatic heterocycles. The molecule has 0 spiro atoms. The first-order valence-corrected chi connectivity index (χ1v) is 11.6. The molecule has 0 bridgehead atoms. The lowest BCUT2D eigenvalue weighted by Gasteiger charge is -2.27. The minimum absolute atomic E-state index is 0.133. The Hall–Kier alpha value is -2.25. The standard InChI is InChI=1S/C24H27NO4S/c1-28-17-19-11-8-16-25(19)30(26,27)23-15-6-5-13-22(23)24(29-2)21-14-7-10-18-9-3-4-12-20(18)21/h3-7,9-10,12-15,19,24H,8,11,16-17H2,1-2H3/t19-,24-/m0/s1. The molecule has 1 saturated heterocycles. The van der Waals surface area contributed by atoms with Gasteiger partial charge >= 0.3 is 0 Å². The number of sulfonamides is 1. The van der Waals surface area contributed by atoms with Gasteiger partial charge in [-0.2, -0.15) is 4.31 Å². The Morgan fingerprint density at radius 1 is 0.967 bits per heavy atom. The predicted octanol–water partition coefficient (Wildman–Crippen LogP) is 4.38. The predicted molar refractivity (Wildman–Crippen MR) is 118 cm³/mol. The molecule has 0 N–H and O–H groups in total. The smallest absolute Gasteiger partial charge is 0.243 e. The number of hydrogen-bond acceptors (Lipinski definition) is 4. The number of rotatable bonds is 7. The Labute approximate surface area is 178 Å². The van der Waals surface area contributed by atoms with Crippen molar-refractivity contribution in [2.45, 2.75) is 29.9 Å². The Morgan fingerprint density at radius 2 is 1.67 bits per heavy atom. The van der Waals surface area contributed by atoms with Crippen molar-refractivity contribution in [3.8, 4) is 0 Å². The monoisotopic (exact) mass is 425 g/mol. The van der Waals surface area contributed by atoms with Crippen LogP contribution < -0.4 is 0 Å². The molecular weight excluding hydrogens is 398 g/mol. The van der Waals surface area contributed by atoms with E-state index in [2.05, 4.69) is 0 Å². The molecule has 6 heteroatoms. The van der Waals surface area contributed by atoms with E-state index in [0.29, 0.717) is 23.6 Å². The van der Waals surface area contributed by atoms with E-state index in [4.69, 9.17) is 9.47 Å². The first-order chi connectivity index (χ1) is 14.6. The fourth-order valence-corrected chi connectivity index (χ4v) is 6.35. The molecule has 0 saturated carbocycles. The first kappa shape index (κ1) is 21.0. The third-order valence-electron chi connectivity index (χ3n) is 5.81. The second-order valence-electron chi connectivity index (χ2n) is 7.59. The van der Waals surface area contributed by atoms with E-state index in [1.807, 2.05) is 54.6 Å². The average Bonchev–Trinajstić information content (AvgIpc) is 3.24. The summed E-state index contributed by atoms with van der Waals surface area (Å²) in [6.45, 7) is 0.912. The number of nitrogens with zero attached hydrogens (tertiary/aromatic N) is 1. The number of ether oxygens (including phenoxy) is 2. The maximum Gasteiger partial charge on any atom is 0.243 e. The Balaban J connectivity index is 1.82. The first-order valence-electron chi connectivity index (χ1n) is 10.2. The van der Waals surface area contributed by atoms with Crippen LogP contribution in [-0.4, -0.2) is 46.1 Å². The van der Waals surface area contributed by atoms with Crippen LogP contribution >= 0.6 is 0 Å². The van der Waals surface area contributed by atoms with E-state index in [1.54, 1.807) is 30.7 Å². The molecule has 4 rings (SSSR count). The third-order valence-corrected chi connectivity index (χ3v) is 7.84. The highest BCUT2D eigenvalue weighted by Gasteiger charge is 2.37. The van der Waals surface area contributed by atoms with Crippen molar-refractivity contribution >= 4 is 20.8 Å². The highest BCUT2D eigenvalue weighted by atomic mass is 32.2. The summed E-state index contributed by atoms with van der Waals surface area (Å²) in [6, 6.07) is 21.1. The van der Waals surface area contributed by atoms with Crippen molar-refractivity contribution in [2.24, 2.45) is 0 Å². The van der Waals surface area contributed by atoms with Gasteiger partial charge < -0.3 is 9.47 Å². The van der Waals surface area contributed by atoms with E-state index < -0.39 is 16.1 Å². The highest BCUT2D eigenvalue weighted by molar-refractivity contribution is 7.89. The van der Waals surface area contributed by atoms with E-state index in [9.17, 15) is 8.42 Å². The summed E-state index contributed by atoms with van der Waals surface area (Å²) in [5.74, 6) is 0. The lowest BCUT2D eigenvalue weighted by molar-refractivity contribution is 0.134. The average molecular weight is 426 g/mol. The SMILES string of the molecule is COC[C@@H]1CCCN1S(=O)(=O)c1ccccc1[C@@H](OC)c1cccc2ccccc12. The van der Waals surface area contributed by atoms with Gasteiger partial charge in [0.2, 0.25) is 10.0 Å². The minimum atomic E-state index is -3.68. The molecule has 2 atom stereocenters. The third kappa shape index (κ3) is 3.76. The van der Waals surface area contributed by atoms with Gasteiger partial charge in [-0.25, -0.2) is 8.42 Å². The summed E-state index contributed by atoms with van der Waals surface area (Å²) in [6.07, 6.45) is 1.16. The van der Waals surface area contributed by atoms with Crippen LogP contribution in [0.2, 0.25) is 0 Å². The summed E-state index contributed by atoms with van der Waals surface area (Å²) in [5, 5.41) is 2.15. The lowest BCUT2D eigenvalue weighted by atomic mass is 9.96. The number of methoxy groups -OCH3 is 2. The minimum Gasteiger partial charge on any atom is -0.383 e. The van der Waals surface area contributed by atoms with Gasteiger partial charge in [0.05, 0.1) is 11.5 Å². The van der Waals surface area contributed by atoms with Crippen molar-refractivity contribution in [2.75, 3.05) is 27.4 Å². The topological polar surface area (TPSA) is 55.8 Å². The van der Waals surface area contributed by atoms with Gasteiger partial charge in [-0.3, -0.25) is 0 Å². The molecule has 1 heterocycles. The van der Waals surface area contributed by atoms with E-state index in [-0.39, 0.29) is 6.04 Å². The zero-order valence-electron chi connectivity index (χ0n) is 17.3. The Morgan fingerprint density at radius 3 is 2.47 bits per heavy atom. The number of hydrogen-bond donors (Lipinski definition) is 0. The molecule has 158 valence electrons. The number of benzene rings is 3. The van der Waals surface area contributed by atoms with Crippen LogP contribution in [0.5, 0.6) is 0 Å². The zero-order chi connectivity index (χ0) is 21.1. The van der Waals surface area contributed by atoms with Gasteiger partial charge in [0.15, 0.2) is 0 Å². The zero-order valence-corrected chi connectivity index (χ0v) is 18.1. The van der Waals surface area contributed by atoms with Crippen molar-refractivity contribution < 1.29 is 17.9 Å². The molecule has 0 aromatic heterocycles. The molecule has 0 unspecified atom stereocenters. The van der Waals surface area contributed by atoms with Gasteiger partial charge in [0.1, 0.15) is 6.10 Å². The normalized spacial score (nSPS) is 18.7. The largest absolute Gasteiger partial charge is 0.383 e. The Bertz CT molecular complexity index is 1120. The quantitative estimate of drug-likeness (QED) is 0.564. The molecule has 5 nitrogen and oxygen atoms in total. The van der Waals surface area contributed by atoms with E-state index in [0.717, 1.165) is 29.2 Å². The molecule has 1 aliphatic rings. The highest BCUT2D eigenvalue weighted by Crippen LogP contribution is 2.36. The van der Waals surface area contributed by atoms with Crippen LogP contribution in [0.1, 0.15) is 30.1 Å². The Kier molecular flexibility index (Phi) is 6.20. The van der Waals surface area contributed by atoms with Gasteiger partial charge in [-0.1, -0.05) is 60.7 Å². The van der Waals surface area contributed by atoms with Gasteiger partial charge in [0, 0.05) is 32.4 Å². The van der Waals surface area contributed by atoms with Crippen molar-refractivity contribution in [3.05, 3.63) is 77.9 Å². The lowest BCUT2D eigenvalue weighted by Crippen LogP contribution is -2.38. The van der Waals surface area contributed by atoms with Crippen molar-refractivity contribution in [1.29, 1.82) is 0 Å². The molecule has 3 aromatic carbocycles. The molecular formula is C24H27NO4S. The number of fused-ring (bicyclic) bond motifs is 1. The second-order valence-corrected chi connectivity index (χ2v) is 9.45. The molecule has 0 amide bonds. The molecule has 0 radical (unpaired) electrons. The van der Waals surface area contributed by atoms with E-state index in [1.165, 1.54) is 0 Å². The van der Waals surface area contributed by atoms with Gasteiger partial charge in [-0.15, -0.1) is 0 Å². The summed E-state index contributed by atoms with van der Waals surface area (Å²) < 4.78 is 40.1. The van der Waals surface area contributed by atoms with Crippen molar-refractivity contribution in [1.82, 2.24) is 4.31 Å². The molecule has 0 aliphatic carbocycles. The van der Waals surface area contributed by atoms with Crippen molar-refractivity contribution in [3.63, 3.8) is 0 Å². The maximum absolute atomic E-state index is 13.7. The molecule has 3 aromatic rings. The van der Waals surface area contributed by atoms with Crippen LogP contribution in [0.3, 0.4) is 0 Å². The van der Waals surface area contributed by atoms with Crippen LogP contribution in [-0.2, 0) is 19.5 Å². The fraction of sp³-hybridized carbons (Fsp3) is 0.333. The summed E-state index contributed by atoms with van der Waals surface area (Å²) >= 11 is 0.